The van der Waals surface area contributed by atoms with Crippen LogP contribution in [0.25, 0.3) is 0 Å². The summed E-state index contributed by atoms with van der Waals surface area (Å²) in [5.74, 6) is 1.61. The first-order valence-corrected chi connectivity index (χ1v) is 10.2. The van der Waals surface area contributed by atoms with Gasteiger partial charge in [-0.15, -0.1) is 6.58 Å². The molecule has 0 spiro atoms. The Kier molecular flexibility index (Phi) is 6.87. The number of ether oxygens (including phenoxy) is 1. The quantitative estimate of drug-likeness (QED) is 0.625. The zero-order valence-corrected chi connectivity index (χ0v) is 16.6. The number of rotatable bonds is 7. The fourth-order valence-electron chi connectivity index (χ4n) is 4.38. The summed E-state index contributed by atoms with van der Waals surface area (Å²) in [6.45, 7) is 8.53. The molecule has 0 amide bonds. The molecule has 1 aliphatic heterocycles. The average molecular weight is 364 g/mol. The molecule has 144 valence electrons. The first-order valence-electron chi connectivity index (χ1n) is 10.2. The highest BCUT2D eigenvalue weighted by molar-refractivity contribution is 5.20. The third-order valence-corrected chi connectivity index (χ3v) is 6.26. The van der Waals surface area contributed by atoms with Crippen LogP contribution in [0.3, 0.4) is 0 Å². The molecule has 3 rings (SSSR count). The van der Waals surface area contributed by atoms with E-state index in [0.717, 1.165) is 6.42 Å². The molecule has 6 unspecified atom stereocenters. The monoisotopic (exact) mass is 363 g/mol. The minimum Gasteiger partial charge on any atom is -0.368 e. The van der Waals surface area contributed by atoms with Crippen molar-refractivity contribution in [2.45, 2.75) is 57.3 Å². The molecule has 1 saturated heterocycles. The van der Waals surface area contributed by atoms with Crippen molar-refractivity contribution in [1.29, 1.82) is 0 Å². The molecule has 0 saturated carbocycles. The lowest BCUT2D eigenvalue weighted by atomic mass is 9.75. The van der Waals surface area contributed by atoms with E-state index < -0.39 is 0 Å². The first kappa shape index (κ1) is 19.9. The number of benzene rings is 2. The molecule has 2 aromatic carbocycles. The normalized spacial score (nSPS) is 27.7. The van der Waals surface area contributed by atoms with Crippen LogP contribution in [0, 0.1) is 11.8 Å². The van der Waals surface area contributed by atoms with E-state index in [1.165, 1.54) is 24.0 Å². The van der Waals surface area contributed by atoms with Gasteiger partial charge in [-0.25, -0.2) is 0 Å². The van der Waals surface area contributed by atoms with Crippen molar-refractivity contribution < 1.29 is 4.74 Å². The van der Waals surface area contributed by atoms with Gasteiger partial charge in [-0.3, -0.25) is 0 Å². The van der Waals surface area contributed by atoms with Crippen molar-refractivity contribution in [3.63, 3.8) is 0 Å². The van der Waals surface area contributed by atoms with E-state index in [1.54, 1.807) is 0 Å². The summed E-state index contributed by atoms with van der Waals surface area (Å²) >= 11 is 0. The zero-order chi connectivity index (χ0) is 19.2. The van der Waals surface area contributed by atoms with Gasteiger partial charge in [-0.05, 0) is 48.1 Å². The smallest absolute Gasteiger partial charge is 0.0832 e. The number of nitrogens with two attached hydrogens (primary N) is 1. The van der Waals surface area contributed by atoms with Crippen LogP contribution in [0.5, 0.6) is 0 Å². The summed E-state index contributed by atoms with van der Waals surface area (Å²) in [5, 5.41) is 0. The second kappa shape index (κ2) is 9.34. The van der Waals surface area contributed by atoms with Gasteiger partial charge in [-0.2, -0.15) is 0 Å². The van der Waals surface area contributed by atoms with E-state index in [-0.39, 0.29) is 18.2 Å². The van der Waals surface area contributed by atoms with Crippen molar-refractivity contribution in [2.75, 3.05) is 0 Å². The predicted octanol–water partition coefficient (Wildman–Crippen LogP) is 5.87. The van der Waals surface area contributed by atoms with Crippen LogP contribution in [-0.4, -0.2) is 12.1 Å². The highest BCUT2D eigenvalue weighted by Gasteiger charge is 2.38. The van der Waals surface area contributed by atoms with Crippen molar-refractivity contribution in [3.05, 3.63) is 84.4 Å². The van der Waals surface area contributed by atoms with E-state index in [0.29, 0.717) is 17.8 Å². The van der Waals surface area contributed by atoms with Gasteiger partial charge in [0.2, 0.25) is 0 Å². The van der Waals surface area contributed by atoms with Crippen molar-refractivity contribution in [2.24, 2.45) is 17.6 Å². The van der Waals surface area contributed by atoms with E-state index in [1.807, 2.05) is 6.08 Å². The highest BCUT2D eigenvalue weighted by atomic mass is 16.5. The second-order valence-corrected chi connectivity index (χ2v) is 8.06. The van der Waals surface area contributed by atoms with Gasteiger partial charge in [0, 0.05) is 6.04 Å². The van der Waals surface area contributed by atoms with E-state index in [2.05, 4.69) is 81.1 Å². The Labute approximate surface area is 164 Å². The zero-order valence-electron chi connectivity index (χ0n) is 16.6. The summed E-state index contributed by atoms with van der Waals surface area (Å²) in [7, 11) is 0. The largest absolute Gasteiger partial charge is 0.368 e. The van der Waals surface area contributed by atoms with Gasteiger partial charge >= 0.3 is 0 Å². The minimum absolute atomic E-state index is 0.0264. The number of hydrogen-bond acceptors (Lipinski definition) is 2. The third-order valence-electron chi connectivity index (χ3n) is 6.26. The lowest BCUT2D eigenvalue weighted by Gasteiger charge is -2.43. The summed E-state index contributed by atoms with van der Waals surface area (Å²) in [4.78, 5) is 0. The highest BCUT2D eigenvalue weighted by Crippen LogP contribution is 2.42. The molecule has 2 N–H and O–H groups in total. The predicted molar refractivity (Wildman–Crippen MR) is 114 cm³/mol. The summed E-state index contributed by atoms with van der Waals surface area (Å²) in [6.07, 6.45) is 5.43. The molecule has 1 heterocycles. The molecule has 0 aliphatic carbocycles. The SMILES string of the molecule is C=CC(N)C1OC(c2ccccc2)CC(CCC(C)c2ccccc2)C1C. The van der Waals surface area contributed by atoms with Gasteiger partial charge < -0.3 is 10.5 Å². The molecular weight excluding hydrogens is 330 g/mol. The van der Waals surface area contributed by atoms with Gasteiger partial charge in [0.05, 0.1) is 12.2 Å². The van der Waals surface area contributed by atoms with Crippen LogP contribution in [0.1, 0.15) is 56.3 Å². The Morgan fingerprint density at radius 1 is 1.11 bits per heavy atom. The standard InChI is InChI=1S/C25H33NO/c1-4-23(26)25-19(3)22(16-15-18(2)20-11-7-5-8-12-20)17-24(27-25)21-13-9-6-10-14-21/h4-14,18-19,22-25H,1,15-17,26H2,2-3H3. The van der Waals surface area contributed by atoms with Gasteiger partial charge in [0.1, 0.15) is 0 Å². The number of hydrogen-bond donors (Lipinski definition) is 1. The minimum atomic E-state index is -0.124. The molecule has 0 aromatic heterocycles. The molecule has 27 heavy (non-hydrogen) atoms. The summed E-state index contributed by atoms with van der Waals surface area (Å²) < 4.78 is 6.46. The van der Waals surface area contributed by atoms with Crippen LogP contribution in [0.2, 0.25) is 0 Å². The molecule has 0 radical (unpaired) electrons. The lowest BCUT2D eigenvalue weighted by Crippen LogP contribution is -2.46. The second-order valence-electron chi connectivity index (χ2n) is 8.06. The Morgan fingerprint density at radius 2 is 1.74 bits per heavy atom. The fraction of sp³-hybridized carbons (Fsp3) is 0.440. The molecule has 1 fully saturated rings. The van der Waals surface area contributed by atoms with Crippen molar-refractivity contribution in [3.8, 4) is 0 Å². The molecule has 0 bridgehead atoms. The summed E-state index contributed by atoms with van der Waals surface area (Å²) in [6, 6.07) is 21.3. The molecule has 2 nitrogen and oxygen atoms in total. The maximum Gasteiger partial charge on any atom is 0.0832 e. The Hall–Kier alpha value is -1.90. The van der Waals surface area contributed by atoms with Crippen LogP contribution in [0.4, 0.5) is 0 Å². The maximum absolute atomic E-state index is 6.46. The third kappa shape index (κ3) is 4.88. The van der Waals surface area contributed by atoms with Gasteiger partial charge in [0.25, 0.3) is 0 Å². The fourth-order valence-corrected chi connectivity index (χ4v) is 4.38. The van der Waals surface area contributed by atoms with Crippen LogP contribution in [-0.2, 0) is 4.74 Å². The van der Waals surface area contributed by atoms with Crippen LogP contribution >= 0.6 is 0 Å². The lowest BCUT2D eigenvalue weighted by molar-refractivity contribution is -0.113. The van der Waals surface area contributed by atoms with Crippen LogP contribution < -0.4 is 5.73 Å². The molecule has 2 aromatic rings. The van der Waals surface area contributed by atoms with Crippen LogP contribution in [0.15, 0.2) is 73.3 Å². The van der Waals surface area contributed by atoms with Crippen molar-refractivity contribution in [1.82, 2.24) is 0 Å². The van der Waals surface area contributed by atoms with E-state index in [9.17, 15) is 0 Å². The molecule has 2 heteroatoms. The Morgan fingerprint density at radius 3 is 2.37 bits per heavy atom. The maximum atomic E-state index is 6.46. The molecule has 1 aliphatic rings. The Balaban J connectivity index is 1.72. The van der Waals surface area contributed by atoms with E-state index in [4.69, 9.17) is 10.5 Å². The van der Waals surface area contributed by atoms with Gasteiger partial charge in [-0.1, -0.05) is 80.6 Å². The topological polar surface area (TPSA) is 35.2 Å². The van der Waals surface area contributed by atoms with Crippen molar-refractivity contribution >= 4 is 0 Å². The van der Waals surface area contributed by atoms with Gasteiger partial charge in [0.15, 0.2) is 0 Å². The Bertz CT molecular complexity index is 699. The summed E-state index contributed by atoms with van der Waals surface area (Å²) in [5.41, 5.74) is 9.03. The molecule has 6 atom stereocenters. The average Bonchev–Trinajstić information content (AvgIpc) is 2.73. The van der Waals surface area contributed by atoms with E-state index >= 15 is 0 Å². The molecular formula is C25H33NO. The first-order chi connectivity index (χ1) is 13.1.